The average Bonchev–Trinajstić information content (AvgIpc) is 2.82. The highest BCUT2D eigenvalue weighted by molar-refractivity contribution is 9.10. The van der Waals surface area contributed by atoms with E-state index in [1.165, 1.54) is 5.56 Å². The second kappa shape index (κ2) is 6.71. The van der Waals surface area contributed by atoms with Crippen LogP contribution in [-0.2, 0) is 6.42 Å². The molecule has 0 saturated carbocycles. The standard InChI is InChI=1S/C14H17BrN2O/c1-2-6-17-13(14-12(15)5-8-18-14)9-11-4-3-7-16-10-11/h3-5,7-8,10,13,17H,2,6,9H2,1H3. The van der Waals surface area contributed by atoms with Crippen molar-refractivity contribution in [1.82, 2.24) is 10.3 Å². The van der Waals surface area contributed by atoms with E-state index in [1.54, 1.807) is 12.5 Å². The maximum atomic E-state index is 5.57. The molecule has 4 heteroatoms. The van der Waals surface area contributed by atoms with E-state index in [4.69, 9.17) is 4.42 Å². The lowest BCUT2D eigenvalue weighted by Crippen LogP contribution is -2.24. The van der Waals surface area contributed by atoms with Crippen molar-refractivity contribution in [3.63, 3.8) is 0 Å². The van der Waals surface area contributed by atoms with E-state index in [0.29, 0.717) is 0 Å². The van der Waals surface area contributed by atoms with E-state index in [2.05, 4.69) is 39.2 Å². The van der Waals surface area contributed by atoms with Crippen molar-refractivity contribution in [2.45, 2.75) is 25.8 Å². The molecule has 0 fully saturated rings. The molecule has 0 aromatic carbocycles. The lowest BCUT2D eigenvalue weighted by molar-refractivity contribution is 0.408. The Morgan fingerprint density at radius 3 is 2.94 bits per heavy atom. The number of nitrogens with one attached hydrogen (secondary N) is 1. The Bertz CT molecular complexity index is 470. The minimum absolute atomic E-state index is 0.179. The van der Waals surface area contributed by atoms with Crippen molar-refractivity contribution in [3.8, 4) is 0 Å². The second-order valence-electron chi connectivity index (χ2n) is 4.20. The predicted molar refractivity (Wildman–Crippen MR) is 75.4 cm³/mol. The smallest absolute Gasteiger partial charge is 0.135 e. The molecule has 0 aliphatic carbocycles. The largest absolute Gasteiger partial charge is 0.466 e. The van der Waals surface area contributed by atoms with Crippen LogP contribution in [0.4, 0.5) is 0 Å². The number of rotatable bonds is 6. The molecule has 0 saturated heterocycles. The first-order chi connectivity index (χ1) is 8.81. The van der Waals surface area contributed by atoms with Gasteiger partial charge in [-0.2, -0.15) is 0 Å². The maximum absolute atomic E-state index is 5.57. The van der Waals surface area contributed by atoms with Gasteiger partial charge < -0.3 is 9.73 Å². The van der Waals surface area contributed by atoms with Crippen molar-refractivity contribution in [1.29, 1.82) is 0 Å². The minimum Gasteiger partial charge on any atom is -0.466 e. The van der Waals surface area contributed by atoms with Gasteiger partial charge in [0.25, 0.3) is 0 Å². The first-order valence-electron chi connectivity index (χ1n) is 6.16. The molecule has 0 aliphatic heterocycles. The highest BCUT2D eigenvalue weighted by Crippen LogP contribution is 2.27. The van der Waals surface area contributed by atoms with Gasteiger partial charge in [0.05, 0.1) is 16.8 Å². The van der Waals surface area contributed by atoms with Gasteiger partial charge in [-0.05, 0) is 53.0 Å². The van der Waals surface area contributed by atoms with E-state index < -0.39 is 0 Å². The summed E-state index contributed by atoms with van der Waals surface area (Å²) in [5.74, 6) is 0.951. The molecule has 0 amide bonds. The molecule has 3 nitrogen and oxygen atoms in total. The molecule has 1 N–H and O–H groups in total. The molecule has 18 heavy (non-hydrogen) atoms. The molecule has 1 unspecified atom stereocenters. The lowest BCUT2D eigenvalue weighted by atomic mass is 10.1. The van der Waals surface area contributed by atoms with Crippen LogP contribution in [-0.4, -0.2) is 11.5 Å². The summed E-state index contributed by atoms with van der Waals surface area (Å²) in [5, 5.41) is 3.51. The van der Waals surface area contributed by atoms with E-state index in [-0.39, 0.29) is 6.04 Å². The highest BCUT2D eigenvalue weighted by Gasteiger charge is 2.17. The Morgan fingerprint density at radius 2 is 2.33 bits per heavy atom. The molecule has 0 bridgehead atoms. The summed E-state index contributed by atoms with van der Waals surface area (Å²) in [6.07, 6.45) is 7.38. The zero-order valence-corrected chi connectivity index (χ0v) is 12.0. The minimum atomic E-state index is 0.179. The molecule has 0 spiro atoms. The fourth-order valence-corrected chi connectivity index (χ4v) is 2.36. The summed E-state index contributed by atoms with van der Waals surface area (Å²) in [7, 11) is 0. The van der Waals surface area contributed by atoms with Gasteiger partial charge in [-0.1, -0.05) is 13.0 Å². The van der Waals surface area contributed by atoms with Gasteiger partial charge in [0.2, 0.25) is 0 Å². The normalized spacial score (nSPS) is 12.6. The predicted octanol–water partition coefficient (Wildman–Crippen LogP) is 3.72. The number of hydrogen-bond donors (Lipinski definition) is 1. The van der Waals surface area contributed by atoms with Crippen molar-refractivity contribution >= 4 is 15.9 Å². The fourth-order valence-electron chi connectivity index (χ4n) is 1.88. The van der Waals surface area contributed by atoms with Gasteiger partial charge in [-0.25, -0.2) is 0 Å². The third-order valence-corrected chi connectivity index (χ3v) is 3.42. The molecule has 0 radical (unpaired) electrons. The van der Waals surface area contributed by atoms with Gasteiger partial charge in [0, 0.05) is 12.4 Å². The van der Waals surface area contributed by atoms with E-state index >= 15 is 0 Å². The second-order valence-corrected chi connectivity index (χ2v) is 5.06. The van der Waals surface area contributed by atoms with Crippen molar-refractivity contribution in [3.05, 3.63) is 52.7 Å². The molecular formula is C14H17BrN2O. The van der Waals surface area contributed by atoms with Crippen molar-refractivity contribution in [2.75, 3.05) is 6.54 Å². The Hall–Kier alpha value is -1.13. The van der Waals surface area contributed by atoms with Crippen LogP contribution in [0.15, 0.2) is 45.7 Å². The molecule has 2 rings (SSSR count). The summed E-state index contributed by atoms with van der Waals surface area (Å²) in [6.45, 7) is 3.13. The summed E-state index contributed by atoms with van der Waals surface area (Å²) in [6, 6.07) is 6.16. The van der Waals surface area contributed by atoms with Crippen molar-refractivity contribution < 1.29 is 4.42 Å². The summed E-state index contributed by atoms with van der Waals surface area (Å²) in [5.41, 5.74) is 1.20. The number of pyridine rings is 1. The summed E-state index contributed by atoms with van der Waals surface area (Å²) >= 11 is 3.52. The van der Waals surface area contributed by atoms with Gasteiger partial charge in [-0.3, -0.25) is 4.98 Å². The molecule has 2 aromatic heterocycles. The number of nitrogens with zero attached hydrogens (tertiary/aromatic N) is 1. The first kappa shape index (κ1) is 13.3. The van der Waals surface area contributed by atoms with E-state index in [1.807, 2.05) is 18.3 Å². The quantitative estimate of drug-likeness (QED) is 0.884. The summed E-state index contributed by atoms with van der Waals surface area (Å²) < 4.78 is 6.58. The van der Waals surface area contributed by atoms with Crippen LogP contribution in [0.25, 0.3) is 0 Å². The van der Waals surface area contributed by atoms with Crippen LogP contribution < -0.4 is 5.32 Å². The van der Waals surface area contributed by atoms with E-state index in [0.717, 1.165) is 29.6 Å². The third kappa shape index (κ3) is 3.43. The van der Waals surface area contributed by atoms with Gasteiger partial charge in [0.15, 0.2) is 0 Å². The van der Waals surface area contributed by atoms with Crippen molar-refractivity contribution in [2.24, 2.45) is 0 Å². The lowest BCUT2D eigenvalue weighted by Gasteiger charge is -2.16. The molecule has 2 aromatic rings. The fraction of sp³-hybridized carbons (Fsp3) is 0.357. The Morgan fingerprint density at radius 1 is 1.44 bits per heavy atom. The zero-order chi connectivity index (χ0) is 12.8. The van der Waals surface area contributed by atoms with Crippen LogP contribution in [0.3, 0.4) is 0 Å². The monoisotopic (exact) mass is 308 g/mol. The van der Waals surface area contributed by atoms with E-state index in [9.17, 15) is 0 Å². The number of halogens is 1. The number of aromatic nitrogens is 1. The molecule has 2 heterocycles. The van der Waals surface area contributed by atoms with Crippen LogP contribution in [0.1, 0.15) is 30.7 Å². The van der Waals surface area contributed by atoms with Crippen LogP contribution in [0, 0.1) is 0 Å². The molecule has 1 atom stereocenters. The molecule has 96 valence electrons. The zero-order valence-electron chi connectivity index (χ0n) is 10.4. The van der Waals surface area contributed by atoms with Gasteiger partial charge in [0.1, 0.15) is 5.76 Å². The number of furan rings is 1. The molecular weight excluding hydrogens is 292 g/mol. The maximum Gasteiger partial charge on any atom is 0.135 e. The average molecular weight is 309 g/mol. The Balaban J connectivity index is 2.13. The number of hydrogen-bond acceptors (Lipinski definition) is 3. The first-order valence-corrected chi connectivity index (χ1v) is 6.95. The SMILES string of the molecule is CCCNC(Cc1cccnc1)c1occc1Br. The van der Waals surface area contributed by atoms with Crippen LogP contribution in [0.5, 0.6) is 0 Å². The van der Waals surface area contributed by atoms with Crippen LogP contribution >= 0.6 is 15.9 Å². The van der Waals surface area contributed by atoms with Crippen LogP contribution in [0.2, 0.25) is 0 Å². The topological polar surface area (TPSA) is 38.1 Å². The Labute approximate surface area is 116 Å². The highest BCUT2D eigenvalue weighted by atomic mass is 79.9. The third-order valence-electron chi connectivity index (χ3n) is 2.76. The molecule has 0 aliphatic rings. The van der Waals surface area contributed by atoms with Gasteiger partial charge in [-0.15, -0.1) is 0 Å². The Kier molecular flexibility index (Phi) is 4.96. The summed E-state index contributed by atoms with van der Waals surface area (Å²) in [4.78, 5) is 4.15. The van der Waals surface area contributed by atoms with Gasteiger partial charge >= 0.3 is 0 Å².